The van der Waals surface area contributed by atoms with Gasteiger partial charge in [0.1, 0.15) is 11.4 Å². The predicted molar refractivity (Wildman–Crippen MR) is 94.7 cm³/mol. The molecular weight excluding hydrogens is 316 g/mol. The van der Waals surface area contributed by atoms with Gasteiger partial charge in [-0.2, -0.15) is 0 Å². The fraction of sp³-hybridized carbons (Fsp3) is 0.556. The van der Waals surface area contributed by atoms with E-state index < -0.39 is 5.54 Å². The van der Waals surface area contributed by atoms with Gasteiger partial charge in [0.25, 0.3) is 0 Å². The van der Waals surface area contributed by atoms with Crippen LogP contribution in [0.2, 0.25) is 0 Å². The summed E-state index contributed by atoms with van der Waals surface area (Å²) in [5, 5.41) is 2.86. The summed E-state index contributed by atoms with van der Waals surface area (Å²) < 4.78 is 2.13. The van der Waals surface area contributed by atoms with Gasteiger partial charge < -0.3 is 9.88 Å². The first-order valence-electron chi connectivity index (χ1n) is 8.91. The number of nitrogens with one attached hydrogen (secondary N) is 1. The maximum atomic E-state index is 12.6. The fourth-order valence-electron chi connectivity index (χ4n) is 3.63. The number of likely N-dealkylation sites (tertiary alicyclic amines) is 1. The lowest BCUT2D eigenvalue weighted by Gasteiger charge is -2.51. The fourth-order valence-corrected chi connectivity index (χ4v) is 3.63. The van der Waals surface area contributed by atoms with Crippen LogP contribution in [0.4, 0.5) is 0 Å². The maximum Gasteiger partial charge on any atom is 0.240 e. The molecule has 134 valence electrons. The lowest BCUT2D eigenvalue weighted by molar-refractivity contribution is -0.144. The molecule has 25 heavy (non-hydrogen) atoms. The molecule has 1 fully saturated rings. The number of imidazole rings is 1. The number of hydrogen-bond donors (Lipinski definition) is 1. The molecule has 0 spiro atoms. The Labute approximate surface area is 148 Å². The van der Waals surface area contributed by atoms with Gasteiger partial charge in [-0.3, -0.25) is 19.7 Å². The average Bonchev–Trinajstić information content (AvgIpc) is 3.10. The van der Waals surface area contributed by atoms with E-state index in [1.807, 2.05) is 12.4 Å². The minimum atomic E-state index is -0.429. The predicted octanol–water partition coefficient (Wildman–Crippen LogP) is 1.41. The van der Waals surface area contributed by atoms with Crippen LogP contribution >= 0.6 is 0 Å². The van der Waals surface area contributed by atoms with Crippen molar-refractivity contribution in [3.63, 3.8) is 0 Å². The van der Waals surface area contributed by atoms with Gasteiger partial charge in [0.05, 0.1) is 12.2 Å². The molecule has 0 bridgehead atoms. The van der Waals surface area contributed by atoms with E-state index >= 15 is 0 Å². The second-order valence-corrected chi connectivity index (χ2v) is 6.46. The summed E-state index contributed by atoms with van der Waals surface area (Å²) in [6.45, 7) is 4.63. The molecule has 1 atom stereocenters. The van der Waals surface area contributed by atoms with Crippen molar-refractivity contribution in [1.82, 2.24) is 29.7 Å². The van der Waals surface area contributed by atoms with Crippen LogP contribution in [0.15, 0.2) is 31.0 Å². The monoisotopic (exact) mass is 342 g/mol. The number of likely N-dealkylation sites (N-methyl/N-ethyl adjacent to an activating group) is 1. The van der Waals surface area contributed by atoms with E-state index in [2.05, 4.69) is 36.7 Å². The number of carbonyl (C=O) groups is 1. The van der Waals surface area contributed by atoms with Crippen LogP contribution in [-0.2, 0) is 24.3 Å². The standard InChI is InChI=1S/C18H26N6O/c1-3-23-12-10-22-16(23)14-24-11-7-18(24,17(25)19-2)6-4-5-15-13-20-8-9-21-15/h8-10,12-13H,3-7,11,14H2,1-2H3,(H,19,25)/t18-/m0/s1. The number of amides is 1. The van der Waals surface area contributed by atoms with Crippen LogP contribution in [0, 0.1) is 0 Å². The molecule has 0 aliphatic carbocycles. The minimum Gasteiger partial charge on any atom is -0.358 e. The summed E-state index contributed by atoms with van der Waals surface area (Å²) in [5.74, 6) is 1.12. The lowest BCUT2D eigenvalue weighted by atomic mass is 9.79. The molecule has 0 saturated carbocycles. The lowest BCUT2D eigenvalue weighted by Crippen LogP contribution is -2.66. The SMILES string of the molecule is CCn1ccnc1CN1CC[C@@]1(CCCc1cnccn1)C(=O)NC. The molecule has 7 heteroatoms. The highest BCUT2D eigenvalue weighted by molar-refractivity contribution is 5.87. The van der Waals surface area contributed by atoms with Crippen LogP contribution in [0.5, 0.6) is 0 Å². The highest BCUT2D eigenvalue weighted by Crippen LogP contribution is 2.37. The quantitative estimate of drug-likeness (QED) is 0.785. The molecule has 0 radical (unpaired) electrons. The van der Waals surface area contributed by atoms with Gasteiger partial charge in [-0.25, -0.2) is 4.98 Å². The number of carbonyl (C=O) groups excluding carboxylic acids is 1. The molecule has 3 heterocycles. The van der Waals surface area contributed by atoms with Crippen molar-refractivity contribution in [2.75, 3.05) is 13.6 Å². The third kappa shape index (κ3) is 3.56. The number of rotatable bonds is 8. The van der Waals surface area contributed by atoms with Gasteiger partial charge >= 0.3 is 0 Å². The normalized spacial score (nSPS) is 20.2. The summed E-state index contributed by atoms with van der Waals surface area (Å²) in [4.78, 5) is 27.8. The zero-order valence-corrected chi connectivity index (χ0v) is 15.0. The van der Waals surface area contributed by atoms with Crippen molar-refractivity contribution in [3.05, 3.63) is 42.5 Å². The van der Waals surface area contributed by atoms with Gasteiger partial charge in [0.2, 0.25) is 5.91 Å². The summed E-state index contributed by atoms with van der Waals surface area (Å²) in [6.07, 6.45) is 12.5. The van der Waals surface area contributed by atoms with Gasteiger partial charge in [0.15, 0.2) is 0 Å². The molecule has 7 nitrogen and oxygen atoms in total. The third-order valence-electron chi connectivity index (χ3n) is 5.16. The first-order valence-corrected chi connectivity index (χ1v) is 8.91. The van der Waals surface area contributed by atoms with Crippen molar-refractivity contribution >= 4 is 5.91 Å². The van der Waals surface area contributed by atoms with Crippen LogP contribution in [-0.4, -0.2) is 49.5 Å². The van der Waals surface area contributed by atoms with Crippen LogP contribution in [0.3, 0.4) is 0 Å². The minimum absolute atomic E-state index is 0.104. The van der Waals surface area contributed by atoms with Crippen LogP contribution < -0.4 is 5.32 Å². The van der Waals surface area contributed by atoms with Crippen molar-refractivity contribution in [1.29, 1.82) is 0 Å². The van der Waals surface area contributed by atoms with Gasteiger partial charge in [-0.1, -0.05) is 0 Å². The van der Waals surface area contributed by atoms with E-state index in [4.69, 9.17) is 0 Å². The molecule has 2 aromatic rings. The van der Waals surface area contributed by atoms with Crippen molar-refractivity contribution < 1.29 is 4.79 Å². The van der Waals surface area contributed by atoms with Crippen molar-refractivity contribution in [2.24, 2.45) is 0 Å². The Hall–Kier alpha value is -2.28. The molecule has 1 aliphatic rings. The Bertz CT molecular complexity index is 701. The van der Waals surface area contributed by atoms with Crippen molar-refractivity contribution in [2.45, 2.75) is 51.2 Å². The summed E-state index contributed by atoms with van der Waals surface area (Å²) >= 11 is 0. The second-order valence-electron chi connectivity index (χ2n) is 6.46. The Morgan fingerprint density at radius 3 is 2.84 bits per heavy atom. The van der Waals surface area contributed by atoms with Gasteiger partial charge in [0, 0.05) is 51.1 Å². The zero-order chi connectivity index (χ0) is 17.7. The van der Waals surface area contributed by atoms with E-state index in [1.165, 1.54) is 0 Å². The molecule has 2 aromatic heterocycles. The zero-order valence-electron chi connectivity index (χ0n) is 15.0. The van der Waals surface area contributed by atoms with Crippen LogP contribution in [0.25, 0.3) is 0 Å². The Morgan fingerprint density at radius 1 is 1.32 bits per heavy atom. The largest absolute Gasteiger partial charge is 0.358 e. The van der Waals surface area contributed by atoms with E-state index in [1.54, 1.807) is 25.6 Å². The van der Waals surface area contributed by atoms with Gasteiger partial charge in [-0.15, -0.1) is 0 Å². The summed E-state index contributed by atoms with van der Waals surface area (Å²) in [5.41, 5.74) is 0.545. The first kappa shape index (κ1) is 17.5. The molecule has 1 N–H and O–H groups in total. The maximum absolute atomic E-state index is 12.6. The topological polar surface area (TPSA) is 75.9 Å². The Kier molecular flexibility index (Phi) is 5.43. The molecule has 1 amide bonds. The highest BCUT2D eigenvalue weighted by atomic mass is 16.2. The second kappa shape index (κ2) is 7.74. The van der Waals surface area contributed by atoms with E-state index in [0.29, 0.717) is 6.54 Å². The molecule has 1 aliphatic heterocycles. The molecule has 1 saturated heterocycles. The Balaban J connectivity index is 1.67. The number of aromatic nitrogens is 4. The number of aryl methyl sites for hydroxylation is 2. The average molecular weight is 342 g/mol. The van der Waals surface area contributed by atoms with E-state index in [-0.39, 0.29) is 5.91 Å². The molecular formula is C18H26N6O. The third-order valence-corrected chi connectivity index (χ3v) is 5.16. The summed E-state index contributed by atoms with van der Waals surface area (Å²) in [7, 11) is 1.72. The van der Waals surface area contributed by atoms with Gasteiger partial charge in [-0.05, 0) is 32.6 Å². The van der Waals surface area contributed by atoms with E-state index in [9.17, 15) is 4.79 Å². The highest BCUT2D eigenvalue weighted by Gasteiger charge is 2.50. The molecule has 3 rings (SSSR count). The number of nitrogens with zero attached hydrogens (tertiary/aromatic N) is 5. The molecule has 0 unspecified atom stereocenters. The van der Waals surface area contributed by atoms with Crippen molar-refractivity contribution in [3.8, 4) is 0 Å². The molecule has 0 aromatic carbocycles. The Morgan fingerprint density at radius 2 is 2.20 bits per heavy atom. The van der Waals surface area contributed by atoms with Crippen LogP contribution in [0.1, 0.15) is 37.7 Å². The first-order chi connectivity index (χ1) is 12.2. The van der Waals surface area contributed by atoms with E-state index in [0.717, 1.165) is 50.3 Å². The number of hydrogen-bond acceptors (Lipinski definition) is 5. The smallest absolute Gasteiger partial charge is 0.240 e. The summed E-state index contributed by atoms with van der Waals surface area (Å²) in [6, 6.07) is 0.